The Morgan fingerprint density at radius 1 is 1.53 bits per heavy atom. The van der Waals surface area contributed by atoms with Crippen molar-refractivity contribution in [3.05, 3.63) is 35.3 Å². The number of rotatable bonds is 1. The molecule has 1 fully saturated rings. The van der Waals surface area contributed by atoms with E-state index in [-0.39, 0.29) is 17.7 Å². The summed E-state index contributed by atoms with van der Waals surface area (Å²) in [6.07, 6.45) is 5.74. The lowest BCUT2D eigenvalue weighted by Crippen LogP contribution is -2.53. The van der Waals surface area contributed by atoms with Crippen LogP contribution in [0.2, 0.25) is 0 Å². The van der Waals surface area contributed by atoms with Crippen LogP contribution in [0.3, 0.4) is 0 Å². The Balaban J connectivity index is 2.13. The van der Waals surface area contributed by atoms with Gasteiger partial charge in [0.25, 0.3) is 0 Å². The second kappa shape index (κ2) is 4.05. The van der Waals surface area contributed by atoms with Crippen LogP contribution in [0.5, 0.6) is 0 Å². The van der Waals surface area contributed by atoms with Crippen molar-refractivity contribution in [1.29, 1.82) is 0 Å². The van der Waals surface area contributed by atoms with E-state index in [9.17, 15) is 14.0 Å². The summed E-state index contributed by atoms with van der Waals surface area (Å²) in [5.41, 5.74) is 0.637. The normalized spacial score (nSPS) is 33.2. The lowest BCUT2D eigenvalue weighted by atomic mass is 9.75. The van der Waals surface area contributed by atoms with Gasteiger partial charge in [0.1, 0.15) is 11.4 Å². The van der Waals surface area contributed by atoms with Crippen molar-refractivity contribution in [2.45, 2.75) is 31.8 Å². The van der Waals surface area contributed by atoms with Crippen LogP contribution in [0.4, 0.5) is 4.39 Å². The number of piperidine rings is 1. The zero-order valence-electron chi connectivity index (χ0n) is 10.5. The van der Waals surface area contributed by atoms with E-state index in [1.54, 1.807) is 0 Å². The highest BCUT2D eigenvalue weighted by Gasteiger charge is 2.45. The van der Waals surface area contributed by atoms with E-state index in [4.69, 9.17) is 5.11 Å². The lowest BCUT2D eigenvalue weighted by molar-refractivity contribution is -0.136. The smallest absolute Gasteiger partial charge is 0.340 e. The molecule has 2 aliphatic heterocycles. The molecule has 0 radical (unpaired) electrons. The predicted molar refractivity (Wildman–Crippen MR) is 65.8 cm³/mol. The largest absolute Gasteiger partial charge is 0.478 e. The zero-order valence-corrected chi connectivity index (χ0v) is 10.5. The molecule has 0 aromatic heterocycles. The molecule has 0 bridgehead atoms. The van der Waals surface area contributed by atoms with E-state index in [0.717, 1.165) is 18.4 Å². The van der Waals surface area contributed by atoms with Gasteiger partial charge in [0.2, 0.25) is 0 Å². The molecular formula is C14H14FNO3. The maximum Gasteiger partial charge on any atom is 0.340 e. The van der Waals surface area contributed by atoms with Crippen molar-refractivity contribution in [2.75, 3.05) is 0 Å². The number of Topliss-reactive ketones (excluding diaryl/α,β-unsaturated/α-hetero) is 1. The molecule has 0 amide bonds. The molecule has 100 valence electrons. The summed E-state index contributed by atoms with van der Waals surface area (Å²) in [7, 11) is 0. The molecule has 1 aliphatic carbocycles. The van der Waals surface area contributed by atoms with Crippen molar-refractivity contribution in [3.8, 4) is 0 Å². The van der Waals surface area contributed by atoms with Crippen LogP contribution in [0.1, 0.15) is 19.8 Å². The van der Waals surface area contributed by atoms with Crippen LogP contribution >= 0.6 is 0 Å². The minimum absolute atomic E-state index is 0.154. The van der Waals surface area contributed by atoms with Gasteiger partial charge in [-0.25, -0.2) is 9.18 Å². The third-order valence-electron chi connectivity index (χ3n) is 4.14. The van der Waals surface area contributed by atoms with Crippen molar-refractivity contribution < 1.29 is 19.1 Å². The number of carboxylic acids is 1. The first-order valence-corrected chi connectivity index (χ1v) is 6.33. The van der Waals surface area contributed by atoms with E-state index in [1.807, 2.05) is 11.8 Å². The maximum atomic E-state index is 13.6. The molecule has 2 heterocycles. The highest BCUT2D eigenvalue weighted by Crippen LogP contribution is 2.41. The number of carbonyl (C=O) groups is 2. The van der Waals surface area contributed by atoms with Crippen molar-refractivity contribution in [2.24, 2.45) is 5.92 Å². The zero-order chi connectivity index (χ0) is 13.7. The highest BCUT2D eigenvalue weighted by atomic mass is 19.1. The van der Waals surface area contributed by atoms with Crippen LogP contribution in [0, 0.1) is 5.92 Å². The molecule has 1 saturated heterocycles. The van der Waals surface area contributed by atoms with Gasteiger partial charge < -0.3 is 10.0 Å². The highest BCUT2D eigenvalue weighted by molar-refractivity contribution is 6.18. The second-order valence-electron chi connectivity index (χ2n) is 5.29. The van der Waals surface area contributed by atoms with Gasteiger partial charge in [-0.1, -0.05) is 0 Å². The number of nitrogens with zero attached hydrogens (tertiary/aromatic N) is 1. The van der Waals surface area contributed by atoms with E-state index in [2.05, 4.69) is 0 Å². The fourth-order valence-corrected chi connectivity index (χ4v) is 3.18. The fourth-order valence-electron chi connectivity index (χ4n) is 3.18. The monoisotopic (exact) mass is 263 g/mol. The minimum Gasteiger partial charge on any atom is -0.478 e. The van der Waals surface area contributed by atoms with Gasteiger partial charge in [-0.2, -0.15) is 0 Å². The van der Waals surface area contributed by atoms with Gasteiger partial charge >= 0.3 is 5.97 Å². The molecule has 4 nitrogen and oxygen atoms in total. The summed E-state index contributed by atoms with van der Waals surface area (Å²) in [6.45, 7) is 1.99. The quantitative estimate of drug-likeness (QED) is 0.733. The standard InChI is InChI=1S/C14H14FNO3/c1-7-2-3-8-4-9(15)5-10-12(8)16(7)6-11(13(10)17)14(18)19/h4-7,10,12H,2-3H2,1H3,(H,18,19)/t7-,10?,12?/m0/s1. The van der Waals surface area contributed by atoms with E-state index < -0.39 is 23.5 Å². The van der Waals surface area contributed by atoms with Crippen LogP contribution in [-0.4, -0.2) is 33.8 Å². The predicted octanol–water partition coefficient (Wildman–Crippen LogP) is 1.80. The number of hydrogen-bond donors (Lipinski definition) is 1. The molecule has 5 heteroatoms. The topological polar surface area (TPSA) is 57.6 Å². The average Bonchev–Trinajstić information content (AvgIpc) is 2.35. The lowest BCUT2D eigenvalue weighted by Gasteiger charge is -2.48. The molecule has 1 N–H and O–H groups in total. The Bertz CT molecular complexity index is 561. The molecular weight excluding hydrogens is 249 g/mol. The Labute approximate surface area is 109 Å². The number of carboxylic acid groups (broad SMARTS) is 1. The molecule has 3 atom stereocenters. The minimum atomic E-state index is -1.24. The van der Waals surface area contributed by atoms with Gasteiger partial charge in [0, 0.05) is 12.2 Å². The third kappa shape index (κ3) is 1.72. The Morgan fingerprint density at radius 3 is 2.95 bits per heavy atom. The number of halogens is 1. The van der Waals surface area contributed by atoms with Gasteiger partial charge in [0.05, 0.1) is 12.0 Å². The van der Waals surface area contributed by atoms with Crippen molar-refractivity contribution in [3.63, 3.8) is 0 Å². The average molecular weight is 263 g/mol. The fraction of sp³-hybridized carbons (Fsp3) is 0.429. The molecule has 2 unspecified atom stereocenters. The van der Waals surface area contributed by atoms with Gasteiger partial charge in [-0.05, 0) is 37.5 Å². The van der Waals surface area contributed by atoms with Crippen LogP contribution in [0.25, 0.3) is 0 Å². The van der Waals surface area contributed by atoms with E-state index in [1.165, 1.54) is 18.4 Å². The number of aliphatic carboxylic acids is 1. The first-order valence-electron chi connectivity index (χ1n) is 6.33. The molecule has 19 heavy (non-hydrogen) atoms. The summed E-state index contributed by atoms with van der Waals surface area (Å²) in [5.74, 6) is -2.89. The third-order valence-corrected chi connectivity index (χ3v) is 4.14. The number of carbonyl (C=O) groups excluding carboxylic acids is 1. The summed E-state index contributed by atoms with van der Waals surface area (Å²) >= 11 is 0. The summed E-state index contributed by atoms with van der Waals surface area (Å²) in [5, 5.41) is 9.10. The van der Waals surface area contributed by atoms with Gasteiger partial charge in [0.15, 0.2) is 5.78 Å². The molecule has 3 rings (SSSR count). The second-order valence-corrected chi connectivity index (χ2v) is 5.29. The molecule has 0 saturated carbocycles. The molecule has 0 aromatic rings. The Kier molecular flexibility index (Phi) is 2.59. The molecule has 0 aromatic carbocycles. The molecule has 0 spiro atoms. The maximum absolute atomic E-state index is 13.6. The van der Waals surface area contributed by atoms with Crippen LogP contribution in [0.15, 0.2) is 35.3 Å². The van der Waals surface area contributed by atoms with Crippen LogP contribution < -0.4 is 0 Å². The summed E-state index contributed by atoms with van der Waals surface area (Å²) in [4.78, 5) is 25.2. The number of ketones is 1. The Hall–Kier alpha value is -1.91. The van der Waals surface area contributed by atoms with Gasteiger partial charge in [-0.3, -0.25) is 4.79 Å². The molecule has 3 aliphatic rings. The number of allylic oxidation sites excluding steroid dienone is 2. The summed E-state index contributed by atoms with van der Waals surface area (Å²) in [6, 6.07) is -0.0551. The first kappa shape index (κ1) is 12.1. The van der Waals surface area contributed by atoms with Crippen molar-refractivity contribution >= 4 is 11.8 Å². The number of hydrogen-bond acceptors (Lipinski definition) is 3. The van der Waals surface area contributed by atoms with Crippen molar-refractivity contribution in [1.82, 2.24) is 4.90 Å². The Morgan fingerprint density at radius 2 is 2.26 bits per heavy atom. The SMILES string of the molecule is C[C@H]1CCC2=CC(F)=CC3C(=O)C(C(=O)O)=CN1C23. The first-order chi connectivity index (χ1) is 8.99. The summed E-state index contributed by atoms with van der Waals surface area (Å²) < 4.78 is 13.6. The van der Waals surface area contributed by atoms with E-state index >= 15 is 0 Å². The van der Waals surface area contributed by atoms with Crippen LogP contribution in [-0.2, 0) is 9.59 Å². The van der Waals surface area contributed by atoms with E-state index in [0.29, 0.717) is 0 Å². The van der Waals surface area contributed by atoms with Gasteiger partial charge in [-0.15, -0.1) is 0 Å².